The van der Waals surface area contributed by atoms with Crippen molar-refractivity contribution in [3.05, 3.63) is 11.0 Å². The first-order chi connectivity index (χ1) is 6.54. The molecule has 0 aromatic carbocycles. The Labute approximate surface area is 86.9 Å². The minimum atomic E-state index is -3.93. The van der Waals surface area contributed by atoms with Gasteiger partial charge >= 0.3 is 0 Å². The average Bonchev–Trinajstić information content (AvgIpc) is 2.52. The molecule has 0 saturated carbocycles. The molecular formula is C7H11NO4S2. The van der Waals surface area contributed by atoms with Crippen LogP contribution < -0.4 is 0 Å². The van der Waals surface area contributed by atoms with Crippen LogP contribution in [0.1, 0.15) is 12.8 Å². The minimum absolute atomic E-state index is 0.347. The van der Waals surface area contributed by atoms with E-state index in [4.69, 9.17) is 4.55 Å². The maximum absolute atomic E-state index is 10.8. The highest BCUT2D eigenvalue weighted by Crippen LogP contribution is 2.36. The lowest BCUT2D eigenvalue weighted by atomic mass is 10.3. The van der Waals surface area contributed by atoms with Crippen molar-refractivity contribution in [3.63, 3.8) is 0 Å². The summed E-state index contributed by atoms with van der Waals surface area (Å²) >= 11 is 1.14. The van der Waals surface area contributed by atoms with Crippen LogP contribution in [0.25, 0.3) is 0 Å². The van der Waals surface area contributed by atoms with E-state index in [0.717, 1.165) is 16.7 Å². The SMILES string of the molecule is CON=CCC1=CCC(S(=O)(=O)O)S1. The van der Waals surface area contributed by atoms with Crippen LogP contribution in [-0.2, 0) is 15.0 Å². The van der Waals surface area contributed by atoms with Gasteiger partial charge in [-0.05, 0) is 11.3 Å². The van der Waals surface area contributed by atoms with Crippen molar-refractivity contribution in [1.82, 2.24) is 0 Å². The average molecular weight is 237 g/mol. The van der Waals surface area contributed by atoms with Crippen molar-refractivity contribution in [1.29, 1.82) is 0 Å². The smallest absolute Gasteiger partial charge is 0.277 e. The highest BCUT2D eigenvalue weighted by atomic mass is 32.3. The molecule has 1 aliphatic heterocycles. The highest BCUT2D eigenvalue weighted by Gasteiger charge is 2.28. The molecule has 1 unspecified atom stereocenters. The Kier molecular flexibility index (Phi) is 3.97. The third-order valence-corrected chi connectivity index (χ3v) is 4.59. The van der Waals surface area contributed by atoms with Crippen molar-refractivity contribution >= 4 is 28.1 Å². The molecule has 0 aliphatic carbocycles. The van der Waals surface area contributed by atoms with Gasteiger partial charge in [0, 0.05) is 12.6 Å². The lowest BCUT2D eigenvalue weighted by Crippen LogP contribution is -2.12. The van der Waals surface area contributed by atoms with Crippen LogP contribution in [0, 0.1) is 0 Å². The molecule has 0 fully saturated rings. The number of rotatable bonds is 4. The summed E-state index contributed by atoms with van der Waals surface area (Å²) in [6.07, 6.45) is 4.21. The molecule has 1 atom stereocenters. The van der Waals surface area contributed by atoms with Crippen LogP contribution in [0.2, 0.25) is 0 Å². The van der Waals surface area contributed by atoms with Crippen molar-refractivity contribution in [2.75, 3.05) is 7.11 Å². The molecule has 80 valence electrons. The fourth-order valence-electron chi connectivity index (χ4n) is 1.01. The zero-order chi connectivity index (χ0) is 10.6. The lowest BCUT2D eigenvalue weighted by Gasteiger charge is -2.04. The highest BCUT2D eigenvalue weighted by molar-refractivity contribution is 8.14. The normalized spacial score (nSPS) is 22.7. The first-order valence-electron chi connectivity index (χ1n) is 3.91. The monoisotopic (exact) mass is 237 g/mol. The van der Waals surface area contributed by atoms with Crippen molar-refractivity contribution in [2.24, 2.45) is 5.16 Å². The van der Waals surface area contributed by atoms with Crippen LogP contribution in [0.4, 0.5) is 0 Å². The van der Waals surface area contributed by atoms with Crippen LogP contribution in [0.3, 0.4) is 0 Å². The summed E-state index contributed by atoms with van der Waals surface area (Å²) in [6.45, 7) is 0. The van der Waals surface area contributed by atoms with E-state index < -0.39 is 14.7 Å². The maximum atomic E-state index is 10.8. The van der Waals surface area contributed by atoms with E-state index in [9.17, 15) is 8.42 Å². The van der Waals surface area contributed by atoms with E-state index in [1.54, 1.807) is 12.3 Å². The van der Waals surface area contributed by atoms with Gasteiger partial charge in [-0.25, -0.2) is 0 Å². The van der Waals surface area contributed by atoms with Crippen LogP contribution >= 0.6 is 11.8 Å². The Balaban J connectivity index is 2.44. The summed E-state index contributed by atoms with van der Waals surface area (Å²) in [5, 5.41) is 3.53. The third-order valence-electron chi connectivity index (χ3n) is 1.63. The van der Waals surface area contributed by atoms with E-state index >= 15 is 0 Å². The Morgan fingerprint density at radius 1 is 1.86 bits per heavy atom. The molecule has 0 saturated heterocycles. The van der Waals surface area contributed by atoms with Crippen molar-refractivity contribution in [3.8, 4) is 0 Å². The summed E-state index contributed by atoms with van der Waals surface area (Å²) in [6, 6.07) is 0. The van der Waals surface area contributed by atoms with Crippen LogP contribution in [-0.4, -0.2) is 30.9 Å². The quantitative estimate of drug-likeness (QED) is 0.452. The predicted octanol–water partition coefficient (Wildman–Crippen LogP) is 1.24. The number of nitrogens with zero attached hydrogens (tertiary/aromatic N) is 1. The van der Waals surface area contributed by atoms with Gasteiger partial charge in [-0.2, -0.15) is 8.42 Å². The largest absolute Gasteiger partial charge is 0.399 e. The second-order valence-electron chi connectivity index (χ2n) is 2.64. The lowest BCUT2D eigenvalue weighted by molar-refractivity contribution is 0.215. The Morgan fingerprint density at radius 3 is 3.07 bits per heavy atom. The molecule has 14 heavy (non-hydrogen) atoms. The molecule has 1 heterocycles. The molecule has 0 radical (unpaired) electrons. The third kappa shape index (κ3) is 3.32. The summed E-state index contributed by atoms with van der Waals surface area (Å²) < 4.78 is 29.5. The maximum Gasteiger partial charge on any atom is 0.277 e. The molecular weight excluding hydrogens is 226 g/mol. The number of thioether (sulfide) groups is 1. The summed E-state index contributed by atoms with van der Waals surface area (Å²) in [7, 11) is -2.49. The van der Waals surface area contributed by atoms with Gasteiger partial charge in [0.1, 0.15) is 11.7 Å². The second kappa shape index (κ2) is 4.81. The second-order valence-corrected chi connectivity index (χ2v) is 5.87. The molecule has 1 aliphatic rings. The molecule has 1 rings (SSSR count). The van der Waals surface area contributed by atoms with Crippen molar-refractivity contribution in [2.45, 2.75) is 17.4 Å². The van der Waals surface area contributed by atoms with Gasteiger partial charge in [-0.1, -0.05) is 11.2 Å². The summed E-state index contributed by atoms with van der Waals surface area (Å²) in [5.41, 5.74) is 0. The molecule has 7 heteroatoms. The van der Waals surface area contributed by atoms with E-state index in [2.05, 4.69) is 9.99 Å². The fraction of sp³-hybridized carbons (Fsp3) is 0.571. The molecule has 5 nitrogen and oxygen atoms in total. The van der Waals surface area contributed by atoms with Gasteiger partial charge in [0.05, 0.1) is 0 Å². The van der Waals surface area contributed by atoms with Gasteiger partial charge in [-0.3, -0.25) is 4.55 Å². The zero-order valence-corrected chi connectivity index (χ0v) is 9.21. The minimum Gasteiger partial charge on any atom is -0.399 e. The Hall–Kier alpha value is -0.530. The van der Waals surface area contributed by atoms with Gasteiger partial charge < -0.3 is 4.84 Å². The topological polar surface area (TPSA) is 76.0 Å². The molecule has 0 aromatic heterocycles. The van der Waals surface area contributed by atoms with Gasteiger partial charge in [0.2, 0.25) is 0 Å². The number of hydrogen-bond donors (Lipinski definition) is 1. The summed E-state index contributed by atoms with van der Waals surface area (Å²) in [4.78, 5) is 5.34. The summed E-state index contributed by atoms with van der Waals surface area (Å²) in [5.74, 6) is 0. The Bertz CT molecular complexity index is 347. The zero-order valence-electron chi connectivity index (χ0n) is 7.58. The fourth-order valence-corrected chi connectivity index (χ4v) is 3.10. The predicted molar refractivity (Wildman–Crippen MR) is 55.7 cm³/mol. The van der Waals surface area contributed by atoms with Gasteiger partial charge in [-0.15, -0.1) is 11.8 Å². The Morgan fingerprint density at radius 2 is 2.57 bits per heavy atom. The standard InChI is InChI=1S/C7H11NO4S2/c1-12-8-5-4-6-2-3-7(13-6)14(9,10)11/h2,5,7H,3-4H2,1H3,(H,9,10,11). The van der Waals surface area contributed by atoms with E-state index in [-0.39, 0.29) is 0 Å². The van der Waals surface area contributed by atoms with Crippen LogP contribution in [0.5, 0.6) is 0 Å². The van der Waals surface area contributed by atoms with Gasteiger partial charge in [0.25, 0.3) is 10.1 Å². The van der Waals surface area contributed by atoms with E-state index in [0.29, 0.717) is 12.8 Å². The van der Waals surface area contributed by atoms with Gasteiger partial charge in [0.15, 0.2) is 0 Å². The molecule has 1 N–H and O–H groups in total. The van der Waals surface area contributed by atoms with Crippen molar-refractivity contribution < 1.29 is 17.8 Å². The van der Waals surface area contributed by atoms with Crippen LogP contribution in [0.15, 0.2) is 16.1 Å². The number of allylic oxidation sites excluding steroid dienone is 2. The molecule has 0 amide bonds. The molecule has 0 aromatic rings. The first-order valence-corrected chi connectivity index (χ1v) is 6.29. The number of oxime groups is 1. The van der Waals surface area contributed by atoms with E-state index in [1.807, 2.05) is 0 Å². The van der Waals surface area contributed by atoms with E-state index in [1.165, 1.54) is 7.11 Å². The molecule has 0 bridgehead atoms. The number of hydrogen-bond acceptors (Lipinski definition) is 5. The first kappa shape index (κ1) is 11.5. The molecule has 0 spiro atoms.